The first-order valence-electron chi connectivity index (χ1n) is 5.80. The van der Waals surface area contributed by atoms with E-state index in [2.05, 4.69) is 0 Å². The third-order valence-electron chi connectivity index (χ3n) is 2.90. The maximum absolute atomic E-state index is 13.0. The highest BCUT2D eigenvalue weighted by molar-refractivity contribution is 5.12. The molecule has 0 spiro atoms. The number of hydrogen-bond donors (Lipinski definition) is 0. The van der Waals surface area contributed by atoms with E-state index in [1.54, 1.807) is 0 Å². The Kier molecular flexibility index (Phi) is 5.83. The van der Waals surface area contributed by atoms with Crippen LogP contribution in [0.25, 0.3) is 0 Å². The largest absolute Gasteiger partial charge is 0.384 e. The second-order valence-electron chi connectivity index (χ2n) is 4.68. The molecular formula is C10H8F14. The molecule has 0 fully saturated rings. The first-order valence-corrected chi connectivity index (χ1v) is 5.80. The van der Waals surface area contributed by atoms with E-state index < -0.39 is 54.8 Å². The SMILES string of the molecule is CCCC(F)(F)C(F)(F)C(F)(F)C(F)(F)C(F)(F)C(F)(F)C(F)F. The monoisotopic (exact) mass is 394 g/mol. The van der Waals surface area contributed by atoms with Gasteiger partial charge in [-0.2, -0.15) is 52.7 Å². The van der Waals surface area contributed by atoms with Gasteiger partial charge in [0.2, 0.25) is 0 Å². The van der Waals surface area contributed by atoms with Crippen LogP contribution in [0.2, 0.25) is 0 Å². The van der Waals surface area contributed by atoms with Gasteiger partial charge in [0.15, 0.2) is 0 Å². The Morgan fingerprint density at radius 3 is 1.21 bits per heavy atom. The average molecular weight is 394 g/mol. The van der Waals surface area contributed by atoms with Gasteiger partial charge in [0, 0.05) is 6.42 Å². The lowest BCUT2D eigenvalue weighted by Crippen LogP contribution is -2.71. The fourth-order valence-electron chi connectivity index (χ4n) is 1.44. The summed E-state index contributed by atoms with van der Waals surface area (Å²) in [7, 11) is 0. The Morgan fingerprint density at radius 1 is 0.583 bits per heavy atom. The van der Waals surface area contributed by atoms with Gasteiger partial charge in [-0.25, -0.2) is 8.78 Å². The van der Waals surface area contributed by atoms with Crippen LogP contribution < -0.4 is 0 Å². The fraction of sp³-hybridized carbons (Fsp3) is 1.00. The molecule has 0 bridgehead atoms. The average Bonchev–Trinajstić information content (AvgIpc) is 2.37. The molecule has 0 N–H and O–H groups in total. The van der Waals surface area contributed by atoms with Gasteiger partial charge >= 0.3 is 42.0 Å². The zero-order chi connectivity index (χ0) is 20.0. The molecule has 0 aliphatic carbocycles. The molecule has 0 aliphatic heterocycles. The van der Waals surface area contributed by atoms with Gasteiger partial charge in [-0.05, 0) is 0 Å². The lowest BCUT2D eigenvalue weighted by molar-refractivity contribution is -0.433. The minimum atomic E-state index is -7.93. The van der Waals surface area contributed by atoms with E-state index in [0.29, 0.717) is 6.92 Å². The van der Waals surface area contributed by atoms with Crippen LogP contribution in [0.5, 0.6) is 0 Å². The van der Waals surface area contributed by atoms with Crippen LogP contribution in [0.15, 0.2) is 0 Å². The predicted octanol–water partition coefficient (Wildman–Crippen LogP) is 5.86. The summed E-state index contributed by atoms with van der Waals surface area (Å²) in [5.74, 6) is -43.9. The molecule has 146 valence electrons. The predicted molar refractivity (Wildman–Crippen MR) is 50.6 cm³/mol. The highest BCUT2D eigenvalue weighted by Gasteiger charge is 2.90. The quantitative estimate of drug-likeness (QED) is 0.452. The summed E-state index contributed by atoms with van der Waals surface area (Å²) in [5.41, 5.74) is 0. The van der Waals surface area contributed by atoms with Crippen molar-refractivity contribution < 1.29 is 61.5 Å². The Balaban J connectivity index is 6.27. The van der Waals surface area contributed by atoms with Crippen LogP contribution in [0.4, 0.5) is 61.5 Å². The summed E-state index contributed by atoms with van der Waals surface area (Å²) in [5, 5.41) is 0. The van der Waals surface area contributed by atoms with Crippen LogP contribution in [-0.4, -0.2) is 42.0 Å². The van der Waals surface area contributed by atoms with Gasteiger partial charge in [-0.3, -0.25) is 0 Å². The van der Waals surface area contributed by atoms with E-state index in [4.69, 9.17) is 0 Å². The maximum Gasteiger partial charge on any atom is 0.384 e. The zero-order valence-electron chi connectivity index (χ0n) is 11.3. The van der Waals surface area contributed by atoms with Crippen molar-refractivity contribution in [3.8, 4) is 0 Å². The van der Waals surface area contributed by atoms with E-state index in [1.165, 1.54) is 0 Å². The Hall–Kier alpha value is -0.980. The van der Waals surface area contributed by atoms with Crippen molar-refractivity contribution in [3.63, 3.8) is 0 Å². The molecule has 0 saturated carbocycles. The minimum absolute atomic E-state index is 0.708. The molecule has 24 heavy (non-hydrogen) atoms. The summed E-state index contributed by atoms with van der Waals surface area (Å²) in [6, 6.07) is 0. The minimum Gasteiger partial charge on any atom is -0.203 e. The summed E-state index contributed by atoms with van der Waals surface area (Å²) in [4.78, 5) is 0. The van der Waals surface area contributed by atoms with E-state index in [-0.39, 0.29) is 0 Å². The van der Waals surface area contributed by atoms with E-state index in [1.807, 2.05) is 0 Å². The maximum atomic E-state index is 13.0. The van der Waals surface area contributed by atoms with Gasteiger partial charge in [0.25, 0.3) is 0 Å². The molecule has 0 atom stereocenters. The molecule has 0 radical (unpaired) electrons. The van der Waals surface area contributed by atoms with Gasteiger partial charge in [-0.15, -0.1) is 0 Å². The molecule has 14 heteroatoms. The van der Waals surface area contributed by atoms with Crippen LogP contribution in [0.1, 0.15) is 19.8 Å². The van der Waals surface area contributed by atoms with Crippen molar-refractivity contribution in [1.82, 2.24) is 0 Å². The van der Waals surface area contributed by atoms with Crippen molar-refractivity contribution in [1.29, 1.82) is 0 Å². The highest BCUT2D eigenvalue weighted by Crippen LogP contribution is 2.61. The second kappa shape index (κ2) is 6.07. The molecular weight excluding hydrogens is 386 g/mol. The molecule has 0 aliphatic rings. The Morgan fingerprint density at radius 2 is 0.917 bits per heavy atom. The van der Waals surface area contributed by atoms with Crippen molar-refractivity contribution in [2.75, 3.05) is 0 Å². The smallest absolute Gasteiger partial charge is 0.203 e. The van der Waals surface area contributed by atoms with E-state index in [9.17, 15) is 61.5 Å². The standard InChI is InChI=1S/C10H8F14/c1-2-3-5(13,14)7(17,18)9(21,22)10(23,24)8(19,20)6(15,16)4(11)12/h4H,2-3H2,1H3. The molecule has 0 nitrogen and oxygen atoms in total. The van der Waals surface area contributed by atoms with E-state index in [0.717, 1.165) is 0 Å². The van der Waals surface area contributed by atoms with Crippen molar-refractivity contribution in [3.05, 3.63) is 0 Å². The summed E-state index contributed by atoms with van der Waals surface area (Å²) >= 11 is 0. The first kappa shape index (κ1) is 23.0. The number of alkyl halides is 14. The zero-order valence-corrected chi connectivity index (χ0v) is 11.3. The van der Waals surface area contributed by atoms with E-state index >= 15 is 0 Å². The number of rotatable bonds is 8. The molecule has 0 aromatic heterocycles. The topological polar surface area (TPSA) is 0 Å². The normalized spacial score (nSPS) is 16.0. The van der Waals surface area contributed by atoms with Crippen LogP contribution >= 0.6 is 0 Å². The third kappa shape index (κ3) is 2.89. The van der Waals surface area contributed by atoms with Crippen molar-refractivity contribution >= 4 is 0 Å². The molecule has 0 rings (SSSR count). The fourth-order valence-corrected chi connectivity index (χ4v) is 1.44. The lowest BCUT2D eigenvalue weighted by Gasteiger charge is -2.41. The molecule has 0 aromatic rings. The molecule has 0 saturated heterocycles. The second-order valence-corrected chi connectivity index (χ2v) is 4.68. The Bertz CT molecular complexity index is 437. The summed E-state index contributed by atoms with van der Waals surface area (Å²) < 4.78 is 178. The molecule has 0 amide bonds. The van der Waals surface area contributed by atoms with Crippen LogP contribution in [0, 0.1) is 0 Å². The van der Waals surface area contributed by atoms with Gasteiger partial charge in [0.1, 0.15) is 0 Å². The van der Waals surface area contributed by atoms with Gasteiger partial charge < -0.3 is 0 Å². The summed E-state index contributed by atoms with van der Waals surface area (Å²) in [6.07, 6.45) is -8.87. The van der Waals surface area contributed by atoms with Crippen LogP contribution in [-0.2, 0) is 0 Å². The molecule has 0 aromatic carbocycles. The van der Waals surface area contributed by atoms with Gasteiger partial charge in [-0.1, -0.05) is 13.3 Å². The number of halogens is 14. The lowest BCUT2D eigenvalue weighted by atomic mass is 9.90. The van der Waals surface area contributed by atoms with Crippen molar-refractivity contribution in [2.24, 2.45) is 0 Å². The third-order valence-corrected chi connectivity index (χ3v) is 2.90. The number of hydrogen-bond acceptors (Lipinski definition) is 0. The summed E-state index contributed by atoms with van der Waals surface area (Å²) in [6.45, 7) is 0.708. The molecule has 0 heterocycles. The van der Waals surface area contributed by atoms with Crippen LogP contribution in [0.3, 0.4) is 0 Å². The van der Waals surface area contributed by atoms with Crippen molar-refractivity contribution in [2.45, 2.75) is 61.7 Å². The molecule has 0 unspecified atom stereocenters. The van der Waals surface area contributed by atoms with Gasteiger partial charge in [0.05, 0.1) is 0 Å². The highest BCUT2D eigenvalue weighted by atomic mass is 19.4. The Labute approximate surface area is 124 Å². The first-order chi connectivity index (χ1) is 10.3.